The predicted molar refractivity (Wildman–Crippen MR) is 74.4 cm³/mol. The number of nitriles is 1. The molecule has 1 aromatic heterocycles. The van der Waals surface area contributed by atoms with E-state index in [-0.39, 0.29) is 38.5 Å². The van der Waals surface area contributed by atoms with Crippen LogP contribution in [0.25, 0.3) is 0 Å². The maximum Gasteiger partial charge on any atom is 0.351 e. The third kappa shape index (κ3) is 3.61. The SMILES string of the molecule is N#CCCOCc1cn(C2CC(O)C(CO)O2)c(=O)nc1N. The molecule has 120 valence electrons. The van der Waals surface area contributed by atoms with Crippen LogP contribution in [0.3, 0.4) is 0 Å². The van der Waals surface area contributed by atoms with Gasteiger partial charge < -0.3 is 25.4 Å². The summed E-state index contributed by atoms with van der Waals surface area (Å²) in [6, 6.07) is 1.95. The molecular weight excluding hydrogens is 292 g/mol. The minimum atomic E-state index is -0.852. The molecule has 9 heteroatoms. The second kappa shape index (κ2) is 7.33. The fraction of sp³-hybridized carbons (Fsp3) is 0.615. The predicted octanol–water partition coefficient (Wildman–Crippen LogP) is -1.10. The molecule has 0 radical (unpaired) electrons. The maximum absolute atomic E-state index is 11.9. The van der Waals surface area contributed by atoms with Crippen molar-refractivity contribution in [2.45, 2.75) is 37.9 Å². The van der Waals surface area contributed by atoms with E-state index >= 15 is 0 Å². The summed E-state index contributed by atoms with van der Waals surface area (Å²) < 4.78 is 11.9. The van der Waals surface area contributed by atoms with E-state index in [0.29, 0.717) is 5.56 Å². The van der Waals surface area contributed by atoms with Gasteiger partial charge in [0.1, 0.15) is 18.1 Å². The van der Waals surface area contributed by atoms with Crippen LogP contribution in [-0.2, 0) is 16.1 Å². The van der Waals surface area contributed by atoms with Crippen molar-refractivity contribution in [1.82, 2.24) is 9.55 Å². The Morgan fingerprint density at radius 1 is 1.64 bits per heavy atom. The number of anilines is 1. The van der Waals surface area contributed by atoms with E-state index in [1.165, 1.54) is 10.8 Å². The number of nitrogens with zero attached hydrogens (tertiary/aromatic N) is 3. The molecule has 22 heavy (non-hydrogen) atoms. The molecule has 2 heterocycles. The summed E-state index contributed by atoms with van der Waals surface area (Å²) in [5.41, 5.74) is 5.57. The Bertz CT molecular complexity index is 611. The summed E-state index contributed by atoms with van der Waals surface area (Å²) in [6.07, 6.45) is -0.409. The molecule has 0 aliphatic carbocycles. The van der Waals surface area contributed by atoms with Crippen LogP contribution in [0.2, 0.25) is 0 Å². The van der Waals surface area contributed by atoms with Gasteiger partial charge in [-0.3, -0.25) is 4.57 Å². The first-order valence-corrected chi connectivity index (χ1v) is 6.83. The van der Waals surface area contributed by atoms with Crippen LogP contribution in [0.5, 0.6) is 0 Å². The highest BCUT2D eigenvalue weighted by atomic mass is 16.5. The molecule has 0 saturated carbocycles. The van der Waals surface area contributed by atoms with Crippen LogP contribution < -0.4 is 11.4 Å². The zero-order valence-electron chi connectivity index (χ0n) is 11.9. The Hall–Kier alpha value is -1.99. The monoisotopic (exact) mass is 310 g/mol. The number of aliphatic hydroxyl groups is 2. The number of aliphatic hydroxyl groups excluding tert-OH is 2. The summed E-state index contributed by atoms with van der Waals surface area (Å²) in [7, 11) is 0. The molecule has 9 nitrogen and oxygen atoms in total. The van der Waals surface area contributed by atoms with Gasteiger partial charge in [-0.15, -0.1) is 0 Å². The quantitative estimate of drug-likeness (QED) is 0.561. The molecule has 4 N–H and O–H groups in total. The van der Waals surface area contributed by atoms with E-state index < -0.39 is 24.1 Å². The third-order valence-corrected chi connectivity index (χ3v) is 3.37. The highest BCUT2D eigenvalue weighted by Crippen LogP contribution is 2.27. The number of aromatic nitrogens is 2. The number of rotatable bonds is 6. The number of hydrogen-bond donors (Lipinski definition) is 3. The van der Waals surface area contributed by atoms with Crippen molar-refractivity contribution in [3.05, 3.63) is 22.2 Å². The van der Waals surface area contributed by atoms with Crippen LogP contribution in [0.1, 0.15) is 24.6 Å². The molecule has 1 aliphatic heterocycles. The van der Waals surface area contributed by atoms with Crippen molar-refractivity contribution in [1.29, 1.82) is 5.26 Å². The average molecular weight is 310 g/mol. The topological polar surface area (TPSA) is 144 Å². The van der Waals surface area contributed by atoms with E-state index in [9.17, 15) is 9.90 Å². The second-order valence-corrected chi connectivity index (χ2v) is 4.92. The van der Waals surface area contributed by atoms with Gasteiger partial charge in [-0.25, -0.2) is 4.79 Å². The third-order valence-electron chi connectivity index (χ3n) is 3.37. The zero-order valence-corrected chi connectivity index (χ0v) is 11.9. The Morgan fingerprint density at radius 2 is 2.41 bits per heavy atom. The van der Waals surface area contributed by atoms with Crippen LogP contribution in [0.4, 0.5) is 5.82 Å². The van der Waals surface area contributed by atoms with Gasteiger partial charge >= 0.3 is 5.69 Å². The van der Waals surface area contributed by atoms with E-state index in [4.69, 9.17) is 25.6 Å². The molecule has 2 rings (SSSR count). The fourth-order valence-corrected chi connectivity index (χ4v) is 2.19. The Labute approximate surface area is 126 Å². The van der Waals surface area contributed by atoms with Gasteiger partial charge in [-0.1, -0.05) is 0 Å². The average Bonchev–Trinajstić information content (AvgIpc) is 2.86. The number of ether oxygens (including phenoxy) is 2. The largest absolute Gasteiger partial charge is 0.394 e. The lowest BCUT2D eigenvalue weighted by atomic mass is 10.2. The molecular formula is C13H18N4O5. The molecule has 1 fully saturated rings. The van der Waals surface area contributed by atoms with E-state index in [1.54, 1.807) is 0 Å². The molecule has 1 aromatic rings. The van der Waals surface area contributed by atoms with Crippen molar-refractivity contribution in [3.63, 3.8) is 0 Å². The molecule has 0 amide bonds. The van der Waals surface area contributed by atoms with Gasteiger partial charge in [-0.2, -0.15) is 10.2 Å². The fourth-order valence-electron chi connectivity index (χ4n) is 2.19. The molecule has 0 spiro atoms. The Balaban J connectivity index is 2.15. The van der Waals surface area contributed by atoms with Gasteiger partial charge in [0.15, 0.2) is 0 Å². The van der Waals surface area contributed by atoms with E-state index in [0.717, 1.165) is 0 Å². The zero-order chi connectivity index (χ0) is 16.1. The van der Waals surface area contributed by atoms with E-state index in [1.807, 2.05) is 6.07 Å². The highest BCUT2D eigenvalue weighted by Gasteiger charge is 2.35. The lowest BCUT2D eigenvalue weighted by molar-refractivity contribution is -0.0460. The van der Waals surface area contributed by atoms with Crippen molar-refractivity contribution >= 4 is 5.82 Å². The molecule has 3 atom stereocenters. The number of hydrogen-bond acceptors (Lipinski definition) is 8. The summed E-state index contributed by atoms with van der Waals surface area (Å²) >= 11 is 0. The molecule has 0 bridgehead atoms. The standard InChI is InChI=1S/C13H18N4O5/c14-2-1-3-21-7-8-5-17(13(20)16-12(8)15)11-4-9(19)10(6-18)22-11/h5,9-11,18-19H,1,3-4,6-7H2,(H2,15,16,20). The Morgan fingerprint density at radius 3 is 3.05 bits per heavy atom. The van der Waals surface area contributed by atoms with Crippen LogP contribution in [-0.4, -0.2) is 45.2 Å². The minimum absolute atomic E-state index is 0.0514. The van der Waals surface area contributed by atoms with Crippen LogP contribution in [0.15, 0.2) is 11.0 Å². The van der Waals surface area contributed by atoms with Crippen molar-refractivity contribution in [2.24, 2.45) is 0 Å². The molecule has 1 aliphatic rings. The van der Waals surface area contributed by atoms with Gasteiger partial charge in [-0.05, 0) is 0 Å². The Kier molecular flexibility index (Phi) is 5.46. The van der Waals surface area contributed by atoms with Gasteiger partial charge in [0, 0.05) is 18.2 Å². The van der Waals surface area contributed by atoms with Crippen LogP contribution in [0, 0.1) is 11.3 Å². The minimum Gasteiger partial charge on any atom is -0.394 e. The summed E-state index contributed by atoms with van der Waals surface area (Å²) in [5.74, 6) is 0.0514. The normalized spacial score (nSPS) is 24.3. The highest BCUT2D eigenvalue weighted by molar-refractivity contribution is 5.36. The summed E-state index contributed by atoms with van der Waals surface area (Å²) in [5, 5.41) is 27.3. The molecule has 0 aromatic carbocycles. The van der Waals surface area contributed by atoms with Crippen molar-refractivity contribution in [3.8, 4) is 6.07 Å². The smallest absolute Gasteiger partial charge is 0.351 e. The number of nitrogen functional groups attached to an aromatic ring is 1. The van der Waals surface area contributed by atoms with Crippen molar-refractivity contribution < 1.29 is 19.7 Å². The lowest BCUT2D eigenvalue weighted by Crippen LogP contribution is -2.29. The first-order chi connectivity index (χ1) is 10.6. The first kappa shape index (κ1) is 16.4. The molecule has 3 unspecified atom stereocenters. The van der Waals surface area contributed by atoms with Gasteiger partial charge in [0.05, 0.1) is 38.4 Å². The maximum atomic E-state index is 11.9. The summed E-state index contributed by atoms with van der Waals surface area (Å²) in [6.45, 7) is 0.0265. The first-order valence-electron chi connectivity index (χ1n) is 6.83. The number of nitrogens with two attached hydrogens (primary N) is 1. The second-order valence-electron chi connectivity index (χ2n) is 4.92. The van der Waals surface area contributed by atoms with Gasteiger partial charge in [0.25, 0.3) is 0 Å². The van der Waals surface area contributed by atoms with Crippen molar-refractivity contribution in [2.75, 3.05) is 18.9 Å². The van der Waals surface area contributed by atoms with Crippen LogP contribution >= 0.6 is 0 Å². The summed E-state index contributed by atoms with van der Waals surface area (Å²) in [4.78, 5) is 15.6. The molecule has 1 saturated heterocycles. The lowest BCUT2D eigenvalue weighted by Gasteiger charge is -2.16. The van der Waals surface area contributed by atoms with E-state index in [2.05, 4.69) is 4.98 Å². The van der Waals surface area contributed by atoms with Gasteiger partial charge in [0.2, 0.25) is 0 Å².